The third-order valence-corrected chi connectivity index (χ3v) is 3.07. The minimum Gasteiger partial charge on any atom is -0.0810 e. The molecule has 1 unspecified atom stereocenters. The summed E-state index contributed by atoms with van der Waals surface area (Å²) in [6.07, 6.45) is 7.81. The summed E-state index contributed by atoms with van der Waals surface area (Å²) in [5, 5.41) is 0. The summed E-state index contributed by atoms with van der Waals surface area (Å²) >= 11 is 0. The second kappa shape index (κ2) is 2.51. The molecule has 0 saturated heterocycles. The zero-order valence-corrected chi connectivity index (χ0v) is 7.48. The minimum absolute atomic E-state index is 0.849. The molecule has 0 aromatic heterocycles. The van der Waals surface area contributed by atoms with E-state index >= 15 is 0 Å². The summed E-state index contributed by atoms with van der Waals surface area (Å²) in [6.45, 7) is 4.64. The van der Waals surface area contributed by atoms with Gasteiger partial charge in [0.1, 0.15) is 0 Å². The first kappa shape index (κ1) is 7.15. The maximum absolute atomic E-state index is 2.40. The van der Waals surface area contributed by atoms with Crippen molar-refractivity contribution < 1.29 is 0 Å². The fourth-order valence-electron chi connectivity index (χ4n) is 2.52. The predicted molar refractivity (Wildman–Crippen MR) is 48.4 cm³/mol. The Hall–Kier alpha value is -0.520. The third-order valence-electron chi connectivity index (χ3n) is 3.07. The van der Waals surface area contributed by atoms with Crippen LogP contribution in [0.4, 0.5) is 0 Å². The quantitative estimate of drug-likeness (QED) is 0.493. The van der Waals surface area contributed by atoms with E-state index < -0.39 is 0 Å². The van der Waals surface area contributed by atoms with Gasteiger partial charge in [0.2, 0.25) is 0 Å². The number of allylic oxidation sites excluding steroid dienone is 4. The van der Waals surface area contributed by atoms with Crippen molar-refractivity contribution in [2.24, 2.45) is 5.92 Å². The van der Waals surface area contributed by atoms with E-state index in [-0.39, 0.29) is 0 Å². The molecule has 0 spiro atoms. The molecule has 2 aliphatic carbocycles. The standard InChI is InChI=1S/C11H16/c1-8-4-3-5-10-7-6-9(2)11(8)10/h4,9H,3,5-7H2,1-2H3. The maximum Gasteiger partial charge on any atom is -0.0185 e. The first-order chi connectivity index (χ1) is 5.29. The van der Waals surface area contributed by atoms with Crippen molar-refractivity contribution in [1.82, 2.24) is 0 Å². The molecule has 0 amide bonds. The van der Waals surface area contributed by atoms with Crippen LogP contribution < -0.4 is 0 Å². The highest BCUT2D eigenvalue weighted by Crippen LogP contribution is 2.40. The topological polar surface area (TPSA) is 0 Å². The number of hydrogen-bond donors (Lipinski definition) is 0. The van der Waals surface area contributed by atoms with Crippen LogP contribution in [0.3, 0.4) is 0 Å². The van der Waals surface area contributed by atoms with Gasteiger partial charge in [0.25, 0.3) is 0 Å². The average Bonchev–Trinajstić information content (AvgIpc) is 2.34. The highest BCUT2D eigenvalue weighted by Gasteiger charge is 2.23. The summed E-state index contributed by atoms with van der Waals surface area (Å²) in [7, 11) is 0. The summed E-state index contributed by atoms with van der Waals surface area (Å²) in [5.41, 5.74) is 5.03. The van der Waals surface area contributed by atoms with E-state index in [4.69, 9.17) is 0 Å². The van der Waals surface area contributed by atoms with Crippen LogP contribution in [-0.4, -0.2) is 0 Å². The van der Waals surface area contributed by atoms with Gasteiger partial charge in [-0.3, -0.25) is 0 Å². The third kappa shape index (κ3) is 1.05. The normalized spacial score (nSPS) is 30.4. The van der Waals surface area contributed by atoms with Gasteiger partial charge in [-0.1, -0.05) is 24.1 Å². The van der Waals surface area contributed by atoms with Gasteiger partial charge in [-0.05, 0) is 44.1 Å². The zero-order valence-electron chi connectivity index (χ0n) is 7.48. The SMILES string of the molecule is CC1=CCCC2=C1C(C)CC2. The van der Waals surface area contributed by atoms with Gasteiger partial charge in [-0.25, -0.2) is 0 Å². The molecule has 0 saturated carbocycles. The van der Waals surface area contributed by atoms with Crippen LogP contribution in [0.2, 0.25) is 0 Å². The highest BCUT2D eigenvalue weighted by atomic mass is 14.3. The van der Waals surface area contributed by atoms with Crippen molar-refractivity contribution in [3.8, 4) is 0 Å². The molecule has 0 nitrogen and oxygen atoms in total. The molecule has 60 valence electrons. The fourth-order valence-corrected chi connectivity index (χ4v) is 2.52. The number of hydrogen-bond acceptors (Lipinski definition) is 0. The Morgan fingerprint density at radius 2 is 2.18 bits per heavy atom. The van der Waals surface area contributed by atoms with E-state index in [0.717, 1.165) is 5.92 Å². The lowest BCUT2D eigenvalue weighted by molar-refractivity contribution is 0.674. The molecule has 0 heterocycles. The van der Waals surface area contributed by atoms with Gasteiger partial charge in [-0.2, -0.15) is 0 Å². The Morgan fingerprint density at radius 3 is 2.91 bits per heavy atom. The molecule has 0 aromatic rings. The summed E-state index contributed by atoms with van der Waals surface area (Å²) in [6, 6.07) is 0. The van der Waals surface area contributed by atoms with Crippen molar-refractivity contribution in [3.63, 3.8) is 0 Å². The van der Waals surface area contributed by atoms with Crippen LogP contribution >= 0.6 is 0 Å². The largest absolute Gasteiger partial charge is 0.0810 e. The van der Waals surface area contributed by atoms with Crippen molar-refractivity contribution in [2.45, 2.75) is 39.5 Å². The van der Waals surface area contributed by atoms with Crippen molar-refractivity contribution in [2.75, 3.05) is 0 Å². The van der Waals surface area contributed by atoms with Crippen LogP contribution in [0.15, 0.2) is 22.8 Å². The molecular formula is C11H16. The second-order valence-corrected chi connectivity index (χ2v) is 3.88. The Morgan fingerprint density at radius 1 is 1.36 bits per heavy atom. The highest BCUT2D eigenvalue weighted by molar-refractivity contribution is 5.41. The van der Waals surface area contributed by atoms with E-state index in [0.29, 0.717) is 0 Å². The van der Waals surface area contributed by atoms with E-state index in [1.807, 2.05) is 0 Å². The molecule has 1 atom stereocenters. The first-order valence-corrected chi connectivity index (χ1v) is 4.68. The molecule has 0 bridgehead atoms. The van der Waals surface area contributed by atoms with Gasteiger partial charge in [-0.15, -0.1) is 0 Å². The molecular weight excluding hydrogens is 132 g/mol. The van der Waals surface area contributed by atoms with Gasteiger partial charge in [0.15, 0.2) is 0 Å². The lowest BCUT2D eigenvalue weighted by atomic mass is 9.90. The molecule has 0 radical (unpaired) electrons. The fraction of sp³-hybridized carbons (Fsp3) is 0.636. The van der Waals surface area contributed by atoms with Gasteiger partial charge in [0.05, 0.1) is 0 Å². The lowest BCUT2D eigenvalue weighted by Gasteiger charge is -2.16. The number of rotatable bonds is 0. The van der Waals surface area contributed by atoms with Crippen LogP contribution in [0.25, 0.3) is 0 Å². The molecule has 0 aliphatic heterocycles. The molecule has 11 heavy (non-hydrogen) atoms. The Balaban J connectivity index is 2.36. The van der Waals surface area contributed by atoms with E-state index in [1.165, 1.54) is 25.7 Å². The monoisotopic (exact) mass is 148 g/mol. The van der Waals surface area contributed by atoms with Gasteiger partial charge in [0, 0.05) is 0 Å². The smallest absolute Gasteiger partial charge is 0.0185 e. The predicted octanol–water partition coefficient (Wildman–Crippen LogP) is 3.45. The summed E-state index contributed by atoms with van der Waals surface area (Å²) in [5.74, 6) is 0.849. The zero-order chi connectivity index (χ0) is 7.84. The molecule has 0 aromatic carbocycles. The second-order valence-electron chi connectivity index (χ2n) is 3.88. The lowest BCUT2D eigenvalue weighted by Crippen LogP contribution is -1.99. The molecule has 2 rings (SSSR count). The van der Waals surface area contributed by atoms with Crippen LogP contribution in [0.1, 0.15) is 39.5 Å². The van der Waals surface area contributed by atoms with Crippen molar-refractivity contribution in [1.29, 1.82) is 0 Å². The van der Waals surface area contributed by atoms with Crippen LogP contribution in [0, 0.1) is 5.92 Å². The first-order valence-electron chi connectivity index (χ1n) is 4.68. The minimum atomic E-state index is 0.849. The van der Waals surface area contributed by atoms with Crippen LogP contribution in [-0.2, 0) is 0 Å². The maximum atomic E-state index is 2.40. The van der Waals surface area contributed by atoms with Crippen LogP contribution in [0.5, 0.6) is 0 Å². The Kier molecular flexibility index (Phi) is 1.63. The Bertz CT molecular complexity index is 230. The van der Waals surface area contributed by atoms with Gasteiger partial charge >= 0.3 is 0 Å². The van der Waals surface area contributed by atoms with Crippen molar-refractivity contribution >= 4 is 0 Å². The molecule has 0 heteroatoms. The Labute approximate surface area is 69.0 Å². The van der Waals surface area contributed by atoms with E-state index in [2.05, 4.69) is 19.9 Å². The average molecular weight is 148 g/mol. The molecule has 0 fully saturated rings. The van der Waals surface area contributed by atoms with E-state index in [1.54, 1.807) is 16.7 Å². The summed E-state index contributed by atoms with van der Waals surface area (Å²) in [4.78, 5) is 0. The van der Waals surface area contributed by atoms with E-state index in [9.17, 15) is 0 Å². The molecule has 0 N–H and O–H groups in total. The molecule has 2 aliphatic rings. The van der Waals surface area contributed by atoms with Gasteiger partial charge < -0.3 is 0 Å². The summed E-state index contributed by atoms with van der Waals surface area (Å²) < 4.78 is 0. The van der Waals surface area contributed by atoms with Crippen molar-refractivity contribution in [3.05, 3.63) is 22.8 Å².